The van der Waals surface area contributed by atoms with Crippen molar-refractivity contribution in [3.05, 3.63) is 0 Å². The van der Waals surface area contributed by atoms with E-state index in [0.29, 0.717) is 12.6 Å². The third-order valence-corrected chi connectivity index (χ3v) is 5.34. The Morgan fingerprint density at radius 3 is 2.58 bits per heavy atom. The van der Waals surface area contributed by atoms with Crippen LogP contribution in [0.1, 0.15) is 26.7 Å². The Kier molecular flexibility index (Phi) is 6.11. The monoisotopic (exact) mass is 307 g/mol. The van der Waals surface area contributed by atoms with Crippen LogP contribution < -0.4 is 10.5 Å². The summed E-state index contributed by atoms with van der Waals surface area (Å²) in [4.78, 5) is 2.22. The van der Waals surface area contributed by atoms with Gasteiger partial charge in [0, 0.05) is 12.6 Å². The normalized spacial score (nSPS) is 12.5. The van der Waals surface area contributed by atoms with Gasteiger partial charge in [0.2, 0.25) is 9.47 Å². The van der Waals surface area contributed by atoms with Crippen molar-refractivity contribution >= 4 is 26.5 Å². The van der Waals surface area contributed by atoms with Crippen LogP contribution in [0.3, 0.4) is 0 Å². The Labute approximate surface area is 118 Å². The minimum absolute atomic E-state index is 0.0794. The molecule has 19 heavy (non-hydrogen) atoms. The van der Waals surface area contributed by atoms with Crippen molar-refractivity contribution in [1.29, 1.82) is 0 Å². The molecule has 0 saturated heterocycles. The largest absolute Gasteiger partial charge is 0.374 e. The molecule has 0 aliphatic carbocycles. The number of nitrogens with zero attached hydrogens (tertiary/aromatic N) is 3. The highest BCUT2D eigenvalue weighted by atomic mass is 32.2. The van der Waals surface area contributed by atoms with E-state index in [9.17, 15) is 8.42 Å². The average molecular weight is 307 g/mol. The van der Waals surface area contributed by atoms with Crippen LogP contribution in [-0.4, -0.2) is 49.7 Å². The Morgan fingerprint density at radius 2 is 2.05 bits per heavy atom. The molecule has 0 aliphatic rings. The Hall–Kier alpha value is -0.770. The fourth-order valence-corrected chi connectivity index (χ4v) is 3.24. The number of nitrogens with one attached hydrogen (secondary N) is 1. The van der Waals surface area contributed by atoms with Gasteiger partial charge < -0.3 is 10.6 Å². The van der Waals surface area contributed by atoms with Crippen LogP contribution in [0.5, 0.6) is 0 Å². The smallest absolute Gasteiger partial charge is 0.269 e. The molecule has 110 valence electrons. The van der Waals surface area contributed by atoms with Gasteiger partial charge in [0.1, 0.15) is 0 Å². The summed E-state index contributed by atoms with van der Waals surface area (Å²) in [6.07, 6.45) is 1.72. The minimum Gasteiger partial charge on any atom is -0.374 e. The van der Waals surface area contributed by atoms with Gasteiger partial charge in [-0.3, -0.25) is 0 Å². The molecule has 0 spiro atoms. The van der Waals surface area contributed by atoms with Gasteiger partial charge in [-0.05, 0) is 40.3 Å². The van der Waals surface area contributed by atoms with E-state index in [1.807, 2.05) is 0 Å². The number of sulfonamides is 1. The summed E-state index contributed by atoms with van der Waals surface area (Å²) in [6, 6.07) is 0.501. The van der Waals surface area contributed by atoms with E-state index in [2.05, 4.69) is 40.7 Å². The molecule has 0 unspecified atom stereocenters. The Morgan fingerprint density at radius 1 is 1.37 bits per heavy atom. The number of nitrogen functional groups attached to an aromatic ring is 1. The molecular formula is C10H21N5O2S2. The summed E-state index contributed by atoms with van der Waals surface area (Å²) in [6.45, 7) is 5.60. The van der Waals surface area contributed by atoms with Crippen LogP contribution in [0.4, 0.5) is 5.13 Å². The van der Waals surface area contributed by atoms with Gasteiger partial charge in [-0.2, -0.15) is 0 Å². The van der Waals surface area contributed by atoms with Crippen molar-refractivity contribution in [2.75, 3.05) is 25.9 Å². The molecule has 7 nitrogen and oxygen atoms in total. The van der Waals surface area contributed by atoms with Gasteiger partial charge in [-0.15, -0.1) is 10.2 Å². The van der Waals surface area contributed by atoms with Crippen LogP contribution in [0.25, 0.3) is 0 Å². The third kappa shape index (κ3) is 5.39. The zero-order valence-corrected chi connectivity index (χ0v) is 13.1. The van der Waals surface area contributed by atoms with Gasteiger partial charge in [0.25, 0.3) is 10.0 Å². The van der Waals surface area contributed by atoms with E-state index in [1.165, 1.54) is 0 Å². The lowest BCUT2D eigenvalue weighted by Gasteiger charge is -2.20. The topological polar surface area (TPSA) is 101 Å². The molecular weight excluding hydrogens is 286 g/mol. The quantitative estimate of drug-likeness (QED) is 0.679. The molecule has 1 aromatic rings. The maximum atomic E-state index is 11.8. The number of nitrogens with two attached hydrogens (primary N) is 1. The van der Waals surface area contributed by atoms with E-state index in [-0.39, 0.29) is 9.47 Å². The van der Waals surface area contributed by atoms with Crippen molar-refractivity contribution in [3.8, 4) is 0 Å². The number of anilines is 1. The minimum atomic E-state index is -3.56. The summed E-state index contributed by atoms with van der Waals surface area (Å²) in [5.74, 6) is 0. The van der Waals surface area contributed by atoms with Crippen LogP contribution in [0.2, 0.25) is 0 Å². The summed E-state index contributed by atoms with van der Waals surface area (Å²) in [7, 11) is -1.50. The lowest BCUT2D eigenvalue weighted by atomic mass is 10.2. The molecule has 1 aromatic heterocycles. The molecule has 1 rings (SSSR count). The molecule has 9 heteroatoms. The van der Waals surface area contributed by atoms with Gasteiger partial charge in [-0.25, -0.2) is 13.1 Å². The Bertz CT molecular complexity index is 486. The average Bonchev–Trinajstić information content (AvgIpc) is 2.75. The molecule has 0 atom stereocenters. The molecule has 0 amide bonds. The summed E-state index contributed by atoms with van der Waals surface area (Å²) in [5, 5.41) is 7.16. The highest BCUT2D eigenvalue weighted by molar-refractivity contribution is 7.91. The maximum Gasteiger partial charge on any atom is 0.269 e. The van der Waals surface area contributed by atoms with Crippen molar-refractivity contribution in [3.63, 3.8) is 0 Å². The van der Waals surface area contributed by atoms with Crippen LogP contribution in [0.15, 0.2) is 4.34 Å². The second-order valence-electron chi connectivity index (χ2n) is 4.59. The molecule has 0 aromatic carbocycles. The summed E-state index contributed by atoms with van der Waals surface area (Å²) < 4.78 is 26.0. The van der Waals surface area contributed by atoms with Crippen LogP contribution >= 0.6 is 11.3 Å². The maximum absolute atomic E-state index is 11.8. The highest BCUT2D eigenvalue weighted by Gasteiger charge is 2.18. The fourth-order valence-electron chi connectivity index (χ4n) is 1.34. The number of rotatable bonds is 8. The van der Waals surface area contributed by atoms with E-state index in [4.69, 9.17) is 5.73 Å². The molecule has 0 fully saturated rings. The van der Waals surface area contributed by atoms with Crippen molar-refractivity contribution in [2.45, 2.75) is 37.1 Å². The molecule has 1 heterocycles. The number of aromatic nitrogens is 2. The summed E-state index contributed by atoms with van der Waals surface area (Å²) in [5.41, 5.74) is 5.36. The molecule has 0 bridgehead atoms. The highest BCUT2D eigenvalue weighted by Crippen LogP contribution is 2.16. The van der Waals surface area contributed by atoms with Gasteiger partial charge in [0.15, 0.2) is 0 Å². The number of hydrogen-bond acceptors (Lipinski definition) is 7. The van der Waals surface area contributed by atoms with Crippen LogP contribution in [-0.2, 0) is 10.0 Å². The zero-order chi connectivity index (χ0) is 14.5. The molecule has 3 N–H and O–H groups in total. The second-order valence-corrected chi connectivity index (χ2v) is 7.54. The Balaban J connectivity index is 2.29. The van der Waals surface area contributed by atoms with E-state index >= 15 is 0 Å². The lowest BCUT2D eigenvalue weighted by molar-refractivity contribution is 0.268. The first kappa shape index (κ1) is 16.3. The number of unbranched alkanes of at least 4 members (excludes halogenated alkanes) is 1. The third-order valence-electron chi connectivity index (χ3n) is 2.76. The van der Waals surface area contributed by atoms with E-state index < -0.39 is 10.0 Å². The van der Waals surface area contributed by atoms with E-state index in [1.54, 1.807) is 0 Å². The molecule has 0 saturated carbocycles. The first-order valence-corrected chi connectivity index (χ1v) is 8.42. The lowest BCUT2D eigenvalue weighted by Crippen LogP contribution is -2.29. The standard InChI is InChI=1S/C10H21N5O2S2/c1-8(2)15(3)7-5-4-6-12-19(16,17)10-14-13-9(11)18-10/h8,12H,4-7H2,1-3H3,(H2,11,13). The second kappa shape index (κ2) is 7.13. The van der Waals surface area contributed by atoms with Crippen molar-refractivity contribution < 1.29 is 8.42 Å². The molecule has 0 radical (unpaired) electrons. The predicted octanol–water partition coefficient (Wildman–Crippen LogP) is 0.519. The van der Waals surface area contributed by atoms with Gasteiger partial charge >= 0.3 is 0 Å². The molecule has 0 aliphatic heterocycles. The van der Waals surface area contributed by atoms with Crippen LogP contribution in [0, 0.1) is 0 Å². The van der Waals surface area contributed by atoms with E-state index in [0.717, 1.165) is 30.7 Å². The van der Waals surface area contributed by atoms with Gasteiger partial charge in [0.05, 0.1) is 0 Å². The van der Waals surface area contributed by atoms with Crippen molar-refractivity contribution in [1.82, 2.24) is 19.8 Å². The number of hydrogen-bond donors (Lipinski definition) is 2. The first-order chi connectivity index (χ1) is 8.83. The fraction of sp³-hybridized carbons (Fsp3) is 0.800. The first-order valence-electron chi connectivity index (χ1n) is 6.12. The zero-order valence-electron chi connectivity index (χ0n) is 11.5. The van der Waals surface area contributed by atoms with Gasteiger partial charge in [-0.1, -0.05) is 11.3 Å². The SMILES string of the molecule is CC(C)N(C)CCCCNS(=O)(=O)c1nnc(N)s1. The van der Waals surface area contributed by atoms with Crippen molar-refractivity contribution in [2.24, 2.45) is 0 Å². The predicted molar refractivity (Wildman–Crippen MR) is 76.5 cm³/mol. The summed E-state index contributed by atoms with van der Waals surface area (Å²) >= 11 is 0.864.